The molecule has 5 nitrogen and oxygen atoms in total. The summed E-state index contributed by atoms with van der Waals surface area (Å²) in [6.45, 7) is 2.96. The maximum Gasteiger partial charge on any atom is 0.237 e. The van der Waals surface area contributed by atoms with Crippen LogP contribution in [0.25, 0.3) is 5.69 Å². The molecule has 0 bridgehead atoms. The van der Waals surface area contributed by atoms with Gasteiger partial charge in [-0.05, 0) is 30.7 Å². The highest BCUT2D eigenvalue weighted by atomic mass is 32.2. The van der Waals surface area contributed by atoms with Gasteiger partial charge in [0.2, 0.25) is 5.91 Å². The number of aromatic nitrogens is 3. The summed E-state index contributed by atoms with van der Waals surface area (Å²) in [6.07, 6.45) is 2.66. The standard InChI is InChI=1S/C20H20N4OS2/c1-15-11-12-23(17-9-5-6-10-18(17)27-15)19(25)13-26-20-22-21-14-24(20)16-7-3-2-4-8-16/h2-10,14-15H,11-13H2,1H3/t15-/m1/s1. The molecule has 27 heavy (non-hydrogen) atoms. The molecular formula is C20H20N4OS2. The van der Waals surface area contributed by atoms with Crippen LogP contribution in [-0.2, 0) is 4.79 Å². The van der Waals surface area contributed by atoms with Crippen LogP contribution in [-0.4, -0.2) is 38.2 Å². The third-order valence-electron chi connectivity index (χ3n) is 4.42. The summed E-state index contributed by atoms with van der Waals surface area (Å²) >= 11 is 3.27. The summed E-state index contributed by atoms with van der Waals surface area (Å²) in [7, 11) is 0. The molecule has 0 aliphatic carbocycles. The summed E-state index contributed by atoms with van der Waals surface area (Å²) in [4.78, 5) is 16.1. The fourth-order valence-electron chi connectivity index (χ4n) is 3.04. The molecule has 0 N–H and O–H groups in total. The van der Waals surface area contributed by atoms with E-state index in [2.05, 4.69) is 23.2 Å². The van der Waals surface area contributed by atoms with Crippen LogP contribution in [0.3, 0.4) is 0 Å². The first kappa shape index (κ1) is 18.1. The predicted molar refractivity (Wildman–Crippen MR) is 111 cm³/mol. The van der Waals surface area contributed by atoms with E-state index in [1.807, 2.05) is 69.8 Å². The Labute approximate surface area is 167 Å². The molecule has 0 radical (unpaired) electrons. The highest BCUT2D eigenvalue weighted by Gasteiger charge is 2.24. The quantitative estimate of drug-likeness (QED) is 0.616. The first-order valence-corrected chi connectivity index (χ1v) is 10.7. The SMILES string of the molecule is C[C@@H]1CCN(C(=O)CSc2nncn2-c2ccccc2)c2ccccc2S1. The summed E-state index contributed by atoms with van der Waals surface area (Å²) in [5, 5.41) is 9.42. The lowest BCUT2D eigenvalue weighted by Crippen LogP contribution is -2.33. The van der Waals surface area contributed by atoms with Gasteiger partial charge in [0, 0.05) is 22.4 Å². The maximum absolute atomic E-state index is 13.0. The number of benzene rings is 2. The second-order valence-corrected chi connectivity index (χ2v) is 8.76. The molecule has 0 spiro atoms. The molecule has 0 saturated heterocycles. The third-order valence-corrected chi connectivity index (χ3v) is 6.59. The van der Waals surface area contributed by atoms with Gasteiger partial charge in [-0.25, -0.2) is 0 Å². The molecule has 1 amide bonds. The lowest BCUT2D eigenvalue weighted by Gasteiger charge is -2.22. The zero-order valence-electron chi connectivity index (χ0n) is 15.0. The van der Waals surface area contributed by atoms with Gasteiger partial charge in [-0.2, -0.15) is 0 Å². The van der Waals surface area contributed by atoms with Gasteiger partial charge in [0.05, 0.1) is 11.4 Å². The maximum atomic E-state index is 13.0. The van der Waals surface area contributed by atoms with Crippen molar-refractivity contribution >= 4 is 35.1 Å². The van der Waals surface area contributed by atoms with E-state index in [9.17, 15) is 4.79 Å². The van der Waals surface area contributed by atoms with Crippen molar-refractivity contribution in [2.45, 2.75) is 28.6 Å². The normalized spacial score (nSPS) is 16.6. The van der Waals surface area contributed by atoms with Crippen molar-refractivity contribution in [2.24, 2.45) is 0 Å². The number of anilines is 1. The lowest BCUT2D eigenvalue weighted by molar-refractivity contribution is -0.116. The Balaban J connectivity index is 1.50. The molecule has 0 fully saturated rings. The van der Waals surface area contributed by atoms with E-state index in [1.165, 1.54) is 16.7 Å². The van der Waals surface area contributed by atoms with E-state index in [1.54, 1.807) is 6.33 Å². The average molecular weight is 397 g/mol. The van der Waals surface area contributed by atoms with Gasteiger partial charge in [-0.1, -0.05) is 49.0 Å². The molecule has 1 aliphatic heterocycles. The topological polar surface area (TPSA) is 51.0 Å². The highest BCUT2D eigenvalue weighted by molar-refractivity contribution is 8.00. The van der Waals surface area contributed by atoms with Gasteiger partial charge >= 0.3 is 0 Å². The molecular weight excluding hydrogens is 376 g/mol. The molecule has 1 aromatic heterocycles. The van der Waals surface area contributed by atoms with Crippen LogP contribution in [0.2, 0.25) is 0 Å². The van der Waals surface area contributed by atoms with Gasteiger partial charge in [-0.3, -0.25) is 9.36 Å². The Bertz CT molecular complexity index is 928. The van der Waals surface area contributed by atoms with Crippen molar-refractivity contribution in [1.82, 2.24) is 14.8 Å². The number of carbonyl (C=O) groups excluding carboxylic acids is 1. The number of fused-ring (bicyclic) bond motifs is 1. The van der Waals surface area contributed by atoms with Crippen LogP contribution in [0, 0.1) is 0 Å². The Kier molecular flexibility index (Phi) is 5.50. The Hall–Kier alpha value is -2.25. The fraction of sp³-hybridized carbons (Fsp3) is 0.250. The van der Waals surface area contributed by atoms with Gasteiger partial charge in [0.15, 0.2) is 5.16 Å². The van der Waals surface area contributed by atoms with Crippen LogP contribution in [0.1, 0.15) is 13.3 Å². The average Bonchev–Trinajstić information content (AvgIpc) is 3.10. The molecule has 1 aliphatic rings. The number of amides is 1. The van der Waals surface area contributed by atoms with Crippen LogP contribution in [0.5, 0.6) is 0 Å². The number of para-hydroxylation sites is 2. The molecule has 0 unspecified atom stereocenters. The van der Waals surface area contributed by atoms with Gasteiger partial charge in [-0.15, -0.1) is 22.0 Å². The zero-order chi connectivity index (χ0) is 18.6. The second kappa shape index (κ2) is 8.19. The fourth-order valence-corrected chi connectivity index (χ4v) is 4.96. The van der Waals surface area contributed by atoms with Crippen molar-refractivity contribution < 1.29 is 4.79 Å². The van der Waals surface area contributed by atoms with Crippen molar-refractivity contribution in [2.75, 3.05) is 17.2 Å². The number of carbonyl (C=O) groups is 1. The molecule has 3 aromatic rings. The van der Waals surface area contributed by atoms with Gasteiger partial charge in [0.1, 0.15) is 6.33 Å². The van der Waals surface area contributed by atoms with Gasteiger partial charge < -0.3 is 4.90 Å². The molecule has 7 heteroatoms. The first-order valence-electron chi connectivity index (χ1n) is 8.86. The van der Waals surface area contributed by atoms with Crippen molar-refractivity contribution in [3.05, 3.63) is 60.9 Å². The third kappa shape index (κ3) is 4.04. The lowest BCUT2D eigenvalue weighted by atomic mass is 10.2. The Morgan fingerprint density at radius 2 is 1.96 bits per heavy atom. The van der Waals surface area contributed by atoms with Crippen LogP contribution in [0.15, 0.2) is 71.0 Å². The zero-order valence-corrected chi connectivity index (χ0v) is 16.6. The van der Waals surface area contributed by atoms with Crippen molar-refractivity contribution in [3.8, 4) is 5.69 Å². The van der Waals surface area contributed by atoms with E-state index in [-0.39, 0.29) is 5.91 Å². The molecule has 2 aromatic carbocycles. The highest BCUT2D eigenvalue weighted by Crippen LogP contribution is 2.37. The molecule has 2 heterocycles. The molecule has 0 saturated carbocycles. The number of thioether (sulfide) groups is 2. The molecule has 138 valence electrons. The second-order valence-electron chi connectivity index (χ2n) is 6.34. The van der Waals surface area contributed by atoms with Gasteiger partial charge in [0.25, 0.3) is 0 Å². The van der Waals surface area contributed by atoms with Crippen molar-refractivity contribution in [3.63, 3.8) is 0 Å². The van der Waals surface area contributed by atoms with E-state index in [4.69, 9.17) is 0 Å². The van der Waals surface area contributed by atoms with E-state index < -0.39 is 0 Å². The largest absolute Gasteiger partial charge is 0.311 e. The summed E-state index contributed by atoms with van der Waals surface area (Å²) in [6, 6.07) is 18.1. The molecule has 4 rings (SSSR count). The number of rotatable bonds is 4. The van der Waals surface area contributed by atoms with Crippen molar-refractivity contribution in [1.29, 1.82) is 0 Å². The molecule has 1 atom stereocenters. The summed E-state index contributed by atoms with van der Waals surface area (Å²) in [5.74, 6) is 0.434. The number of hydrogen-bond acceptors (Lipinski definition) is 5. The minimum Gasteiger partial charge on any atom is -0.311 e. The predicted octanol–water partition coefficient (Wildman–Crippen LogP) is 4.28. The number of nitrogens with zero attached hydrogens (tertiary/aromatic N) is 4. The number of hydrogen-bond donors (Lipinski definition) is 0. The first-order chi connectivity index (χ1) is 13.2. The summed E-state index contributed by atoms with van der Waals surface area (Å²) < 4.78 is 1.91. The Morgan fingerprint density at radius 3 is 2.81 bits per heavy atom. The van der Waals surface area contributed by atoms with Crippen LogP contribution in [0.4, 0.5) is 5.69 Å². The Morgan fingerprint density at radius 1 is 1.19 bits per heavy atom. The van der Waals surface area contributed by atoms with E-state index >= 15 is 0 Å². The monoisotopic (exact) mass is 396 g/mol. The minimum atomic E-state index is 0.102. The van der Waals surface area contributed by atoms with E-state index in [0.717, 1.165) is 29.5 Å². The minimum absolute atomic E-state index is 0.102. The van der Waals surface area contributed by atoms with E-state index in [0.29, 0.717) is 11.0 Å². The summed E-state index contributed by atoms with van der Waals surface area (Å²) in [5.41, 5.74) is 2.00. The van der Waals surface area contributed by atoms with Crippen LogP contribution >= 0.6 is 23.5 Å². The van der Waals surface area contributed by atoms with Crippen LogP contribution < -0.4 is 4.90 Å². The smallest absolute Gasteiger partial charge is 0.237 e.